The van der Waals surface area contributed by atoms with Crippen molar-refractivity contribution in [1.82, 2.24) is 4.98 Å². The van der Waals surface area contributed by atoms with Gasteiger partial charge in [-0.3, -0.25) is 0 Å². The zero-order valence-electron chi connectivity index (χ0n) is 11.0. The fourth-order valence-electron chi connectivity index (χ4n) is 2.08. The first-order valence-corrected chi connectivity index (χ1v) is 7.23. The monoisotopic (exact) mass is 283 g/mol. The molecule has 0 N–H and O–H groups in total. The maximum Gasteiger partial charge on any atom is 0.367 e. The van der Waals surface area contributed by atoms with Crippen molar-refractivity contribution in [3.8, 4) is 11.1 Å². The second-order valence-corrected chi connectivity index (χ2v) is 5.29. The maximum absolute atomic E-state index is 11.8. The molecule has 0 fully saturated rings. The number of fused-ring (bicyclic) bond motifs is 1. The van der Waals surface area contributed by atoms with Crippen molar-refractivity contribution in [2.45, 2.75) is 6.92 Å². The molecule has 0 aliphatic rings. The van der Waals surface area contributed by atoms with E-state index in [4.69, 9.17) is 4.74 Å². The number of benzene rings is 2. The van der Waals surface area contributed by atoms with E-state index in [1.165, 1.54) is 11.3 Å². The van der Waals surface area contributed by atoms with E-state index in [9.17, 15) is 4.79 Å². The molecule has 1 heterocycles. The van der Waals surface area contributed by atoms with Crippen LogP contribution in [0.3, 0.4) is 0 Å². The maximum atomic E-state index is 11.8. The van der Waals surface area contributed by atoms with Crippen LogP contribution in [0.2, 0.25) is 0 Å². The number of carbonyl (C=O) groups is 1. The largest absolute Gasteiger partial charge is 0.461 e. The van der Waals surface area contributed by atoms with Gasteiger partial charge in [0.15, 0.2) is 0 Å². The smallest absolute Gasteiger partial charge is 0.367 e. The van der Waals surface area contributed by atoms with Gasteiger partial charge in [0.25, 0.3) is 0 Å². The Hall–Kier alpha value is -2.20. The van der Waals surface area contributed by atoms with E-state index in [2.05, 4.69) is 4.98 Å². The van der Waals surface area contributed by atoms with Crippen molar-refractivity contribution < 1.29 is 9.53 Å². The fraction of sp³-hybridized carbons (Fsp3) is 0.125. The summed E-state index contributed by atoms with van der Waals surface area (Å²) in [6.07, 6.45) is 0. The third-order valence-corrected chi connectivity index (χ3v) is 3.95. The molecule has 0 atom stereocenters. The average Bonchev–Trinajstić information content (AvgIpc) is 2.92. The Labute approximate surface area is 120 Å². The second kappa shape index (κ2) is 5.43. The lowest BCUT2D eigenvalue weighted by Gasteiger charge is -2.01. The van der Waals surface area contributed by atoms with Crippen molar-refractivity contribution in [1.29, 1.82) is 0 Å². The Morgan fingerprint density at radius 3 is 2.70 bits per heavy atom. The minimum Gasteiger partial charge on any atom is -0.461 e. The number of ether oxygens (including phenoxy) is 1. The third kappa shape index (κ3) is 2.30. The van der Waals surface area contributed by atoms with Crippen LogP contribution in [0, 0.1) is 0 Å². The second-order valence-electron chi connectivity index (χ2n) is 4.26. The van der Waals surface area contributed by atoms with Crippen molar-refractivity contribution in [3.63, 3.8) is 0 Å². The number of aromatic nitrogens is 1. The van der Waals surface area contributed by atoms with E-state index in [0.717, 1.165) is 21.3 Å². The summed E-state index contributed by atoms with van der Waals surface area (Å²) in [7, 11) is 0. The fourth-order valence-corrected chi connectivity index (χ4v) is 2.97. The molecule has 0 saturated carbocycles. The number of nitrogens with zero attached hydrogens (tertiary/aromatic N) is 1. The van der Waals surface area contributed by atoms with Gasteiger partial charge in [0, 0.05) is 5.56 Å². The molecule has 0 saturated heterocycles. The van der Waals surface area contributed by atoms with Gasteiger partial charge >= 0.3 is 5.97 Å². The van der Waals surface area contributed by atoms with Crippen LogP contribution in [-0.2, 0) is 4.74 Å². The summed E-state index contributed by atoms with van der Waals surface area (Å²) in [5.74, 6) is -0.354. The molecule has 4 heteroatoms. The Balaban J connectivity index is 2.13. The van der Waals surface area contributed by atoms with E-state index in [-0.39, 0.29) is 5.97 Å². The van der Waals surface area contributed by atoms with Gasteiger partial charge in [-0.1, -0.05) is 42.5 Å². The van der Waals surface area contributed by atoms with E-state index in [1.807, 2.05) is 48.5 Å². The van der Waals surface area contributed by atoms with Gasteiger partial charge in [-0.25, -0.2) is 9.78 Å². The minimum atomic E-state index is -0.354. The molecule has 0 aliphatic heterocycles. The molecule has 0 unspecified atom stereocenters. The van der Waals surface area contributed by atoms with Crippen molar-refractivity contribution in [2.24, 2.45) is 0 Å². The number of para-hydroxylation sites is 1. The number of hydrogen-bond acceptors (Lipinski definition) is 4. The molecule has 0 spiro atoms. The van der Waals surface area contributed by atoms with E-state index in [0.29, 0.717) is 11.6 Å². The molecule has 2 aromatic carbocycles. The number of hydrogen-bond donors (Lipinski definition) is 0. The SMILES string of the molecule is CCOC(=O)c1nc2c(-c3ccccc3)cccc2s1. The molecule has 0 radical (unpaired) electrons. The Kier molecular flexibility index (Phi) is 3.48. The lowest BCUT2D eigenvalue weighted by atomic mass is 10.1. The summed E-state index contributed by atoms with van der Waals surface area (Å²) in [4.78, 5) is 16.2. The highest BCUT2D eigenvalue weighted by Gasteiger charge is 2.15. The van der Waals surface area contributed by atoms with E-state index in [1.54, 1.807) is 6.92 Å². The third-order valence-electron chi connectivity index (χ3n) is 2.95. The van der Waals surface area contributed by atoms with Crippen LogP contribution in [0.15, 0.2) is 48.5 Å². The molecule has 0 aliphatic carbocycles. The van der Waals surface area contributed by atoms with E-state index >= 15 is 0 Å². The number of esters is 1. The normalized spacial score (nSPS) is 10.7. The highest BCUT2D eigenvalue weighted by molar-refractivity contribution is 7.20. The Bertz CT molecular complexity index is 750. The molecule has 0 bridgehead atoms. The highest BCUT2D eigenvalue weighted by Crippen LogP contribution is 2.31. The van der Waals surface area contributed by atoms with Gasteiger partial charge in [-0.05, 0) is 18.6 Å². The molecule has 0 amide bonds. The predicted molar refractivity (Wildman–Crippen MR) is 81.0 cm³/mol. The van der Waals surface area contributed by atoms with Crippen molar-refractivity contribution in [3.05, 3.63) is 53.5 Å². The Morgan fingerprint density at radius 1 is 1.15 bits per heavy atom. The topological polar surface area (TPSA) is 39.2 Å². The summed E-state index contributed by atoms with van der Waals surface area (Å²) in [5, 5.41) is 0.408. The van der Waals surface area contributed by atoms with Crippen LogP contribution in [0.5, 0.6) is 0 Å². The summed E-state index contributed by atoms with van der Waals surface area (Å²) < 4.78 is 6.01. The first kappa shape index (κ1) is 12.8. The van der Waals surface area contributed by atoms with Gasteiger partial charge in [-0.15, -0.1) is 11.3 Å². The molecule has 3 aromatic rings. The molecule has 20 heavy (non-hydrogen) atoms. The zero-order chi connectivity index (χ0) is 13.9. The molecule has 100 valence electrons. The highest BCUT2D eigenvalue weighted by atomic mass is 32.1. The quantitative estimate of drug-likeness (QED) is 0.678. The number of carbonyl (C=O) groups excluding carboxylic acids is 1. The summed E-state index contributed by atoms with van der Waals surface area (Å²) in [5.41, 5.74) is 2.99. The molecule has 1 aromatic heterocycles. The molecular formula is C16H13NO2S. The lowest BCUT2D eigenvalue weighted by molar-refractivity contribution is 0.0526. The van der Waals surface area contributed by atoms with Crippen LogP contribution in [0.25, 0.3) is 21.3 Å². The predicted octanol–water partition coefficient (Wildman–Crippen LogP) is 4.14. The average molecular weight is 283 g/mol. The van der Waals surface area contributed by atoms with Crippen LogP contribution < -0.4 is 0 Å². The van der Waals surface area contributed by atoms with Gasteiger partial charge in [0.2, 0.25) is 5.01 Å². The van der Waals surface area contributed by atoms with Crippen LogP contribution in [-0.4, -0.2) is 17.6 Å². The van der Waals surface area contributed by atoms with Gasteiger partial charge < -0.3 is 4.74 Å². The number of rotatable bonds is 3. The molecule has 3 rings (SSSR count). The lowest BCUT2D eigenvalue weighted by Crippen LogP contribution is -2.03. The van der Waals surface area contributed by atoms with Gasteiger partial charge in [-0.2, -0.15) is 0 Å². The van der Waals surface area contributed by atoms with Crippen LogP contribution in [0.4, 0.5) is 0 Å². The first-order valence-electron chi connectivity index (χ1n) is 6.41. The Morgan fingerprint density at radius 2 is 1.95 bits per heavy atom. The summed E-state index contributed by atoms with van der Waals surface area (Å²) >= 11 is 1.37. The van der Waals surface area contributed by atoms with Crippen LogP contribution >= 0.6 is 11.3 Å². The van der Waals surface area contributed by atoms with Crippen molar-refractivity contribution >= 4 is 27.5 Å². The van der Waals surface area contributed by atoms with Gasteiger partial charge in [0.1, 0.15) is 0 Å². The molecule has 3 nitrogen and oxygen atoms in total. The van der Waals surface area contributed by atoms with Crippen LogP contribution in [0.1, 0.15) is 16.7 Å². The standard InChI is InChI=1S/C16H13NO2S/c1-2-19-16(18)15-17-14-12(9-6-10-13(14)20-15)11-7-4-3-5-8-11/h3-10H,2H2,1H3. The summed E-state index contributed by atoms with van der Waals surface area (Å²) in [6, 6.07) is 16.0. The van der Waals surface area contributed by atoms with Gasteiger partial charge in [0.05, 0.1) is 16.8 Å². The zero-order valence-corrected chi connectivity index (χ0v) is 11.8. The summed E-state index contributed by atoms with van der Waals surface area (Å²) in [6.45, 7) is 2.15. The molecular weight excluding hydrogens is 270 g/mol. The minimum absolute atomic E-state index is 0.354. The van der Waals surface area contributed by atoms with E-state index < -0.39 is 0 Å². The number of thiazole rings is 1. The van der Waals surface area contributed by atoms with Crippen molar-refractivity contribution in [2.75, 3.05) is 6.61 Å². The first-order chi connectivity index (χ1) is 9.79.